The molecule has 0 fully saturated rings. The van der Waals surface area contributed by atoms with Crippen LogP contribution in [0.1, 0.15) is 52.2 Å². The Kier molecular flexibility index (Phi) is 5.48. The highest BCUT2D eigenvalue weighted by atomic mass is 35.5. The van der Waals surface area contributed by atoms with Crippen molar-refractivity contribution in [1.29, 1.82) is 5.26 Å². The molecule has 2 aromatic rings. The summed E-state index contributed by atoms with van der Waals surface area (Å²) in [5.41, 5.74) is 3.29. The van der Waals surface area contributed by atoms with Crippen LogP contribution in [0.15, 0.2) is 16.9 Å². The number of H-pyrrole nitrogens is 1. The number of ether oxygens (including phenoxy) is 1. The van der Waals surface area contributed by atoms with Crippen LogP contribution in [0.2, 0.25) is 5.02 Å². The largest absolute Gasteiger partial charge is 0.489 e. The minimum Gasteiger partial charge on any atom is -0.489 e. The van der Waals surface area contributed by atoms with Crippen molar-refractivity contribution >= 4 is 17.5 Å². The number of halogens is 1. The lowest BCUT2D eigenvalue weighted by Crippen LogP contribution is -2.39. The zero-order valence-electron chi connectivity index (χ0n) is 16.4. The van der Waals surface area contributed by atoms with Crippen LogP contribution >= 0.6 is 11.6 Å². The molecule has 0 unspecified atom stereocenters. The van der Waals surface area contributed by atoms with Gasteiger partial charge in [0, 0.05) is 17.8 Å². The van der Waals surface area contributed by atoms with E-state index in [0.717, 1.165) is 11.3 Å². The SMILES string of the molecule is Cc1cc(C)c(CN2CCc3c(C#N)cc(OC(C)C)c(Cl)c3C2=O)c(=O)[nH]1. The van der Waals surface area contributed by atoms with Gasteiger partial charge >= 0.3 is 0 Å². The lowest BCUT2D eigenvalue weighted by molar-refractivity contribution is 0.0725. The van der Waals surface area contributed by atoms with Crippen molar-refractivity contribution in [3.05, 3.63) is 61.0 Å². The number of fused-ring (bicyclic) bond motifs is 1. The van der Waals surface area contributed by atoms with Gasteiger partial charge < -0.3 is 14.6 Å². The molecule has 0 radical (unpaired) electrons. The molecule has 6 nitrogen and oxygen atoms in total. The van der Waals surface area contributed by atoms with E-state index in [-0.39, 0.29) is 29.1 Å². The molecule has 1 aliphatic rings. The normalized spacial score (nSPS) is 13.5. The Hall–Kier alpha value is -2.78. The highest BCUT2D eigenvalue weighted by Crippen LogP contribution is 2.37. The van der Waals surface area contributed by atoms with E-state index in [9.17, 15) is 14.9 Å². The molecule has 0 atom stereocenters. The van der Waals surface area contributed by atoms with Crippen LogP contribution in [0, 0.1) is 25.2 Å². The zero-order chi connectivity index (χ0) is 20.6. The number of nitrogens with zero attached hydrogens (tertiary/aromatic N) is 2. The molecule has 0 saturated heterocycles. The van der Waals surface area contributed by atoms with E-state index in [1.807, 2.05) is 33.8 Å². The number of hydrogen-bond acceptors (Lipinski definition) is 4. The summed E-state index contributed by atoms with van der Waals surface area (Å²) in [5, 5.41) is 9.72. The molecule has 28 heavy (non-hydrogen) atoms. The Bertz CT molecular complexity index is 1050. The summed E-state index contributed by atoms with van der Waals surface area (Å²) in [4.78, 5) is 29.9. The van der Waals surface area contributed by atoms with Gasteiger partial charge in [-0.25, -0.2) is 0 Å². The molecule has 1 N–H and O–H groups in total. The number of aromatic amines is 1. The van der Waals surface area contributed by atoms with Gasteiger partial charge in [0.05, 0.1) is 34.9 Å². The monoisotopic (exact) mass is 399 g/mol. The quantitative estimate of drug-likeness (QED) is 0.852. The number of carbonyl (C=O) groups excluding carboxylic acids is 1. The highest BCUT2D eigenvalue weighted by molar-refractivity contribution is 6.35. The molecule has 1 aromatic carbocycles. The second kappa shape index (κ2) is 7.69. The number of aryl methyl sites for hydroxylation is 2. The number of pyridine rings is 1. The lowest BCUT2D eigenvalue weighted by atomic mass is 9.93. The second-order valence-corrected chi connectivity index (χ2v) is 7.67. The maximum atomic E-state index is 13.2. The first-order chi connectivity index (χ1) is 13.2. The van der Waals surface area contributed by atoms with Gasteiger partial charge in [-0.2, -0.15) is 5.26 Å². The van der Waals surface area contributed by atoms with E-state index in [2.05, 4.69) is 11.1 Å². The van der Waals surface area contributed by atoms with Crippen LogP contribution < -0.4 is 10.3 Å². The van der Waals surface area contributed by atoms with Crippen LogP contribution in [0.4, 0.5) is 0 Å². The summed E-state index contributed by atoms with van der Waals surface area (Å²) in [6.07, 6.45) is 0.347. The summed E-state index contributed by atoms with van der Waals surface area (Å²) in [6, 6.07) is 5.62. The first-order valence-electron chi connectivity index (χ1n) is 9.13. The third-order valence-corrected chi connectivity index (χ3v) is 5.17. The van der Waals surface area contributed by atoms with E-state index in [1.54, 1.807) is 11.0 Å². The lowest BCUT2D eigenvalue weighted by Gasteiger charge is -2.30. The van der Waals surface area contributed by atoms with Crippen molar-refractivity contribution in [3.8, 4) is 11.8 Å². The summed E-state index contributed by atoms with van der Waals surface area (Å²) < 4.78 is 5.70. The number of rotatable bonds is 4. The number of nitrogens with one attached hydrogen (secondary N) is 1. The van der Waals surface area contributed by atoms with Crippen molar-refractivity contribution in [2.24, 2.45) is 0 Å². The van der Waals surface area contributed by atoms with Crippen molar-refractivity contribution in [1.82, 2.24) is 9.88 Å². The van der Waals surface area contributed by atoms with Gasteiger partial charge in [0.25, 0.3) is 11.5 Å². The van der Waals surface area contributed by atoms with Gasteiger partial charge in [0.2, 0.25) is 0 Å². The minimum atomic E-state index is -0.295. The van der Waals surface area contributed by atoms with Gasteiger partial charge in [0.15, 0.2) is 0 Å². The molecule has 0 aliphatic carbocycles. The van der Waals surface area contributed by atoms with Crippen molar-refractivity contribution < 1.29 is 9.53 Å². The molecule has 1 amide bonds. The molecule has 1 aliphatic heterocycles. The van der Waals surface area contributed by atoms with Crippen LogP contribution in [-0.2, 0) is 13.0 Å². The van der Waals surface area contributed by atoms with Gasteiger partial charge in [-0.05, 0) is 57.4 Å². The average molecular weight is 400 g/mol. The smallest absolute Gasteiger partial charge is 0.256 e. The second-order valence-electron chi connectivity index (χ2n) is 7.29. The standard InChI is InChI=1S/C21H22ClN3O3/c1-11(2)28-17-8-14(9-23)15-5-6-25(21(27)18(15)19(17)22)10-16-12(3)7-13(4)24-20(16)26/h7-8,11H,5-6,10H2,1-4H3,(H,24,26). The Morgan fingerprint density at radius 2 is 2.04 bits per heavy atom. The van der Waals surface area contributed by atoms with Gasteiger partial charge in [0.1, 0.15) is 5.75 Å². The van der Waals surface area contributed by atoms with Gasteiger partial charge in [-0.1, -0.05) is 11.6 Å². The third-order valence-electron chi connectivity index (χ3n) is 4.80. The van der Waals surface area contributed by atoms with Crippen molar-refractivity contribution in [2.75, 3.05) is 6.54 Å². The van der Waals surface area contributed by atoms with Crippen molar-refractivity contribution in [2.45, 2.75) is 46.8 Å². The fourth-order valence-electron chi connectivity index (χ4n) is 3.52. The number of carbonyl (C=O) groups is 1. The fourth-order valence-corrected chi connectivity index (χ4v) is 3.81. The minimum absolute atomic E-state index is 0.148. The molecule has 7 heteroatoms. The molecular weight excluding hydrogens is 378 g/mol. The predicted octanol–water partition coefficient (Wildman–Crippen LogP) is 3.50. The van der Waals surface area contributed by atoms with E-state index >= 15 is 0 Å². The molecular formula is C21H22ClN3O3. The zero-order valence-corrected chi connectivity index (χ0v) is 17.1. The van der Waals surface area contributed by atoms with Crippen LogP contribution in [0.5, 0.6) is 5.75 Å². The van der Waals surface area contributed by atoms with Gasteiger partial charge in [-0.3, -0.25) is 9.59 Å². The maximum absolute atomic E-state index is 13.2. The van der Waals surface area contributed by atoms with Crippen molar-refractivity contribution in [3.63, 3.8) is 0 Å². The third kappa shape index (κ3) is 3.63. The summed E-state index contributed by atoms with van der Waals surface area (Å²) in [5.74, 6) is 0.0304. The van der Waals surface area contributed by atoms with Crippen LogP contribution in [0.3, 0.4) is 0 Å². The molecule has 146 valence electrons. The summed E-state index contributed by atoms with van der Waals surface area (Å²) >= 11 is 6.50. The number of amides is 1. The van der Waals surface area contributed by atoms with Crippen LogP contribution in [0.25, 0.3) is 0 Å². The number of hydrogen-bond donors (Lipinski definition) is 1. The van der Waals surface area contributed by atoms with Gasteiger partial charge in [-0.15, -0.1) is 0 Å². The topological polar surface area (TPSA) is 86.2 Å². The summed E-state index contributed by atoms with van der Waals surface area (Å²) in [6.45, 7) is 7.97. The number of nitriles is 1. The van der Waals surface area contributed by atoms with E-state index in [4.69, 9.17) is 16.3 Å². The highest BCUT2D eigenvalue weighted by Gasteiger charge is 2.31. The van der Waals surface area contributed by atoms with E-state index in [0.29, 0.717) is 41.0 Å². The Balaban J connectivity index is 2.03. The fraction of sp³-hybridized carbons (Fsp3) is 0.381. The first-order valence-corrected chi connectivity index (χ1v) is 9.51. The Morgan fingerprint density at radius 1 is 1.32 bits per heavy atom. The summed E-state index contributed by atoms with van der Waals surface area (Å²) in [7, 11) is 0. The number of aromatic nitrogens is 1. The first kappa shape index (κ1) is 20.0. The maximum Gasteiger partial charge on any atom is 0.256 e. The Morgan fingerprint density at radius 3 is 2.64 bits per heavy atom. The molecule has 0 saturated carbocycles. The molecule has 0 bridgehead atoms. The van der Waals surface area contributed by atoms with E-state index < -0.39 is 0 Å². The average Bonchev–Trinajstić information content (AvgIpc) is 2.61. The number of benzene rings is 1. The van der Waals surface area contributed by atoms with Crippen LogP contribution in [-0.4, -0.2) is 28.4 Å². The molecule has 2 heterocycles. The molecule has 0 spiro atoms. The molecule has 3 rings (SSSR count). The Labute approximate surface area is 168 Å². The molecule has 1 aromatic heterocycles. The van der Waals surface area contributed by atoms with E-state index in [1.165, 1.54) is 0 Å². The predicted molar refractivity (Wildman–Crippen MR) is 107 cm³/mol.